The minimum atomic E-state index is -1.05. The molecule has 5 heteroatoms. The topological polar surface area (TPSA) is 38.3 Å². The van der Waals surface area contributed by atoms with Crippen molar-refractivity contribution >= 4 is 34.7 Å². The number of carbonyl (C=O) groups is 1. The summed E-state index contributed by atoms with van der Waals surface area (Å²) in [6.45, 7) is 1.95. The molecule has 0 radical (unpaired) electrons. The summed E-state index contributed by atoms with van der Waals surface area (Å²) < 4.78 is 5.51. The van der Waals surface area contributed by atoms with Gasteiger partial charge in [0.15, 0.2) is 10.6 Å². The summed E-state index contributed by atoms with van der Waals surface area (Å²) in [4.78, 5) is 10.8. The lowest BCUT2D eigenvalue weighted by Gasteiger charge is -2.35. The van der Waals surface area contributed by atoms with E-state index in [1.807, 2.05) is 24.3 Å². The molecule has 1 N–H and O–H groups in total. The maximum atomic E-state index is 11.8. The largest absolute Gasteiger partial charge is 0.489 e. The highest BCUT2D eigenvalue weighted by molar-refractivity contribution is 6.54. The molecular formula is C11H11Cl2NO2. The third-order valence-corrected chi connectivity index (χ3v) is 2.95. The van der Waals surface area contributed by atoms with E-state index in [1.54, 1.807) is 6.92 Å². The lowest BCUT2D eigenvalue weighted by molar-refractivity contribution is -0.122. The van der Waals surface area contributed by atoms with Gasteiger partial charge in [-0.25, -0.2) is 0 Å². The molecule has 86 valence electrons. The van der Waals surface area contributed by atoms with E-state index in [0.717, 1.165) is 11.4 Å². The fourth-order valence-electron chi connectivity index (χ4n) is 1.62. The Kier molecular flexibility index (Phi) is 3.00. The smallest absolute Gasteiger partial charge is 0.194 e. The molecule has 0 saturated carbocycles. The minimum absolute atomic E-state index is 0.221. The summed E-state index contributed by atoms with van der Waals surface area (Å²) in [5.41, 5.74) is -0.0960. The Balaban J connectivity index is 2.28. The molecule has 0 saturated heterocycles. The maximum Gasteiger partial charge on any atom is 0.194 e. The molecule has 0 aliphatic carbocycles. The van der Waals surface area contributed by atoms with Crippen LogP contribution in [0.25, 0.3) is 0 Å². The fourth-order valence-corrected chi connectivity index (χ4v) is 2.11. The molecule has 1 heterocycles. The summed E-state index contributed by atoms with van der Waals surface area (Å²) in [5.74, 6) is 0.443. The highest BCUT2D eigenvalue weighted by Gasteiger charge is 2.40. The van der Waals surface area contributed by atoms with Crippen molar-refractivity contribution in [3.05, 3.63) is 24.3 Å². The van der Waals surface area contributed by atoms with Gasteiger partial charge in [0.2, 0.25) is 0 Å². The number of rotatable bonds is 2. The van der Waals surface area contributed by atoms with Gasteiger partial charge in [0.25, 0.3) is 0 Å². The van der Waals surface area contributed by atoms with Crippen molar-refractivity contribution in [3.8, 4) is 5.75 Å². The number of alkyl halides is 2. The number of halogens is 2. The number of hydrogen-bond acceptors (Lipinski definition) is 3. The Morgan fingerprint density at radius 1 is 1.50 bits per heavy atom. The van der Waals surface area contributed by atoms with Crippen molar-refractivity contribution in [2.24, 2.45) is 0 Å². The van der Waals surface area contributed by atoms with E-state index in [-0.39, 0.29) is 12.4 Å². The molecule has 1 aromatic carbocycles. The van der Waals surface area contributed by atoms with Crippen LogP contribution in [0.2, 0.25) is 0 Å². The zero-order valence-electron chi connectivity index (χ0n) is 8.67. The van der Waals surface area contributed by atoms with Gasteiger partial charge in [-0.1, -0.05) is 35.3 Å². The number of fused-ring (bicyclic) bond motifs is 1. The Bertz CT molecular complexity index is 422. The van der Waals surface area contributed by atoms with Crippen molar-refractivity contribution in [1.82, 2.24) is 0 Å². The van der Waals surface area contributed by atoms with E-state index in [2.05, 4.69) is 5.32 Å². The summed E-state index contributed by atoms with van der Waals surface area (Å²) in [6, 6.07) is 7.42. The first-order valence-corrected chi connectivity index (χ1v) is 5.73. The van der Waals surface area contributed by atoms with Crippen molar-refractivity contribution in [3.63, 3.8) is 0 Å². The predicted octanol–water partition coefficient (Wildman–Crippen LogP) is 2.62. The van der Waals surface area contributed by atoms with Crippen LogP contribution >= 0.6 is 23.2 Å². The molecular weight excluding hydrogens is 249 g/mol. The van der Waals surface area contributed by atoms with Crippen LogP contribution in [0.5, 0.6) is 5.75 Å². The third kappa shape index (κ3) is 1.97. The molecule has 1 aromatic rings. The quantitative estimate of drug-likeness (QED) is 0.830. The van der Waals surface area contributed by atoms with Crippen LogP contribution in [0.3, 0.4) is 0 Å². The Morgan fingerprint density at radius 3 is 2.88 bits per heavy atom. The Hall–Kier alpha value is -0.930. The van der Waals surface area contributed by atoms with E-state index in [4.69, 9.17) is 27.9 Å². The third-order valence-electron chi connectivity index (χ3n) is 2.56. The highest BCUT2D eigenvalue weighted by atomic mass is 35.5. The monoisotopic (exact) mass is 259 g/mol. The average Bonchev–Trinajstić information content (AvgIpc) is 2.27. The number of ketones is 1. The first-order chi connectivity index (χ1) is 7.53. The van der Waals surface area contributed by atoms with Crippen molar-refractivity contribution in [2.45, 2.75) is 17.3 Å². The van der Waals surface area contributed by atoms with Gasteiger partial charge in [0, 0.05) is 0 Å². The van der Waals surface area contributed by atoms with Gasteiger partial charge in [0.1, 0.15) is 17.9 Å². The molecule has 1 aliphatic rings. The van der Waals surface area contributed by atoms with Crippen molar-refractivity contribution in [2.75, 3.05) is 11.9 Å². The van der Waals surface area contributed by atoms with Gasteiger partial charge < -0.3 is 10.1 Å². The number of nitrogens with one attached hydrogen (secondary N) is 1. The molecule has 1 atom stereocenters. The zero-order chi connectivity index (χ0) is 11.8. The number of Topliss-reactive ketones (excluding diaryl/α,β-unsaturated/α-hetero) is 1. The van der Waals surface area contributed by atoms with E-state index in [1.165, 1.54) is 0 Å². The van der Waals surface area contributed by atoms with Crippen LogP contribution in [0.4, 0.5) is 5.69 Å². The number of benzene rings is 1. The van der Waals surface area contributed by atoms with E-state index < -0.39 is 10.4 Å². The number of carbonyl (C=O) groups excluding carboxylic acids is 1. The first kappa shape index (κ1) is 11.6. The van der Waals surface area contributed by atoms with E-state index in [9.17, 15) is 4.79 Å². The molecule has 16 heavy (non-hydrogen) atoms. The standard InChI is InChI=1S/C11H11Cl2NO2/c1-11(9(15)10(12)13)6-16-8-5-3-2-4-7(8)14-11/h2-5,10,14H,6H2,1H3. The number of hydrogen-bond donors (Lipinski definition) is 1. The number of ether oxygens (including phenoxy) is 1. The van der Waals surface area contributed by atoms with Gasteiger partial charge in [-0.2, -0.15) is 0 Å². The Labute approximate surface area is 104 Å². The van der Waals surface area contributed by atoms with Gasteiger partial charge in [-0.05, 0) is 19.1 Å². The van der Waals surface area contributed by atoms with Crippen LogP contribution in [0.1, 0.15) is 6.92 Å². The molecule has 0 spiro atoms. The SMILES string of the molecule is CC1(C(=O)C(Cl)Cl)COc2ccccc2N1. The van der Waals surface area contributed by atoms with Gasteiger partial charge >= 0.3 is 0 Å². The second-order valence-corrected chi connectivity index (χ2v) is 5.00. The molecule has 0 fully saturated rings. The number of anilines is 1. The summed E-state index contributed by atoms with van der Waals surface area (Å²) in [6.07, 6.45) is 0. The summed E-state index contributed by atoms with van der Waals surface area (Å²) >= 11 is 11.2. The second-order valence-electron chi connectivity index (χ2n) is 3.91. The lowest BCUT2D eigenvalue weighted by Crippen LogP contribution is -2.52. The molecule has 1 aliphatic heterocycles. The summed E-state index contributed by atoms with van der Waals surface area (Å²) in [5, 5.41) is 3.11. The molecule has 2 rings (SSSR count). The minimum Gasteiger partial charge on any atom is -0.489 e. The van der Waals surface area contributed by atoms with E-state index >= 15 is 0 Å². The van der Waals surface area contributed by atoms with Crippen LogP contribution < -0.4 is 10.1 Å². The maximum absolute atomic E-state index is 11.8. The van der Waals surface area contributed by atoms with Crippen molar-refractivity contribution < 1.29 is 9.53 Å². The van der Waals surface area contributed by atoms with Crippen LogP contribution in [0.15, 0.2) is 24.3 Å². The first-order valence-electron chi connectivity index (χ1n) is 4.85. The molecule has 0 bridgehead atoms. The highest BCUT2D eigenvalue weighted by Crippen LogP contribution is 2.33. The van der Waals surface area contributed by atoms with Crippen molar-refractivity contribution in [1.29, 1.82) is 0 Å². The van der Waals surface area contributed by atoms with Crippen LogP contribution in [-0.4, -0.2) is 22.8 Å². The second kappa shape index (κ2) is 4.15. The normalized spacial score (nSPS) is 23.2. The predicted molar refractivity (Wildman–Crippen MR) is 64.5 cm³/mol. The van der Waals surface area contributed by atoms with Gasteiger partial charge in [0.05, 0.1) is 5.69 Å². The Morgan fingerprint density at radius 2 is 2.19 bits per heavy atom. The van der Waals surface area contributed by atoms with Gasteiger partial charge in [-0.3, -0.25) is 4.79 Å². The average molecular weight is 260 g/mol. The molecule has 3 nitrogen and oxygen atoms in total. The molecule has 1 unspecified atom stereocenters. The zero-order valence-corrected chi connectivity index (χ0v) is 10.2. The number of para-hydroxylation sites is 2. The fraction of sp³-hybridized carbons (Fsp3) is 0.364. The summed E-state index contributed by atoms with van der Waals surface area (Å²) in [7, 11) is 0. The molecule has 0 amide bonds. The lowest BCUT2D eigenvalue weighted by atomic mass is 9.96. The van der Waals surface area contributed by atoms with Crippen LogP contribution in [-0.2, 0) is 4.79 Å². The van der Waals surface area contributed by atoms with Gasteiger partial charge in [-0.15, -0.1) is 0 Å². The van der Waals surface area contributed by atoms with Crippen LogP contribution in [0, 0.1) is 0 Å². The molecule has 0 aromatic heterocycles. The van der Waals surface area contributed by atoms with E-state index in [0.29, 0.717) is 0 Å².